The standard InChI is InChI=1S/C17H19Cl2N5O2/c1-10-21-22-15(23(10)2)9-20-16(25)14-4-3-7-24(14)17(26)12-8-11(18)5-6-13(12)19/h5-6,8,14H,3-4,7,9H2,1-2H3,(H,20,25). The van der Waals surface area contributed by atoms with Gasteiger partial charge >= 0.3 is 0 Å². The highest BCUT2D eigenvalue weighted by molar-refractivity contribution is 6.35. The van der Waals surface area contributed by atoms with Crippen LogP contribution in [0, 0.1) is 6.92 Å². The Morgan fingerprint density at radius 2 is 2.08 bits per heavy atom. The van der Waals surface area contributed by atoms with E-state index in [1.807, 2.05) is 18.5 Å². The predicted molar refractivity (Wildman–Crippen MR) is 98.1 cm³/mol. The van der Waals surface area contributed by atoms with Crippen molar-refractivity contribution in [2.75, 3.05) is 6.54 Å². The number of benzene rings is 1. The van der Waals surface area contributed by atoms with Crippen LogP contribution in [-0.4, -0.2) is 44.1 Å². The number of carbonyl (C=O) groups is 2. The van der Waals surface area contributed by atoms with Crippen molar-refractivity contribution in [2.24, 2.45) is 7.05 Å². The Balaban J connectivity index is 1.71. The summed E-state index contributed by atoms with van der Waals surface area (Å²) in [4.78, 5) is 27.0. The lowest BCUT2D eigenvalue weighted by Gasteiger charge is -2.24. The van der Waals surface area contributed by atoms with Crippen LogP contribution in [-0.2, 0) is 18.4 Å². The molecule has 0 radical (unpaired) electrons. The van der Waals surface area contributed by atoms with Crippen molar-refractivity contribution in [3.05, 3.63) is 45.5 Å². The Hall–Kier alpha value is -2.12. The normalized spacial score (nSPS) is 16.8. The lowest BCUT2D eigenvalue weighted by Crippen LogP contribution is -2.46. The third-order valence-corrected chi connectivity index (χ3v) is 5.14. The highest BCUT2D eigenvalue weighted by atomic mass is 35.5. The van der Waals surface area contributed by atoms with Crippen molar-refractivity contribution in [3.63, 3.8) is 0 Å². The van der Waals surface area contributed by atoms with Gasteiger partial charge in [-0.15, -0.1) is 10.2 Å². The first-order chi connectivity index (χ1) is 12.4. The fraction of sp³-hybridized carbons (Fsp3) is 0.412. The highest BCUT2D eigenvalue weighted by Crippen LogP contribution is 2.26. The van der Waals surface area contributed by atoms with Crippen molar-refractivity contribution >= 4 is 35.0 Å². The number of hydrogen-bond donors (Lipinski definition) is 1. The van der Waals surface area contributed by atoms with Crippen LogP contribution in [0.2, 0.25) is 10.0 Å². The number of rotatable bonds is 4. The smallest absolute Gasteiger partial charge is 0.256 e. The predicted octanol–water partition coefficient (Wildman–Crippen LogP) is 2.35. The number of aryl methyl sites for hydroxylation is 1. The third kappa shape index (κ3) is 3.68. The Labute approximate surface area is 161 Å². The zero-order chi connectivity index (χ0) is 18.8. The summed E-state index contributed by atoms with van der Waals surface area (Å²) >= 11 is 12.1. The van der Waals surface area contributed by atoms with Gasteiger partial charge in [0.25, 0.3) is 5.91 Å². The number of aromatic nitrogens is 3. The molecule has 1 aromatic heterocycles. The summed E-state index contributed by atoms with van der Waals surface area (Å²) in [7, 11) is 1.84. The molecule has 1 unspecified atom stereocenters. The first-order valence-electron chi connectivity index (χ1n) is 8.27. The van der Waals surface area contributed by atoms with E-state index in [-0.39, 0.29) is 18.4 Å². The fourth-order valence-corrected chi connectivity index (χ4v) is 3.36. The van der Waals surface area contributed by atoms with Crippen molar-refractivity contribution in [1.29, 1.82) is 0 Å². The number of halogens is 2. The Kier molecular flexibility index (Phi) is 5.48. The summed E-state index contributed by atoms with van der Waals surface area (Å²) in [5.41, 5.74) is 0.308. The lowest BCUT2D eigenvalue weighted by molar-refractivity contribution is -0.125. The van der Waals surface area contributed by atoms with Crippen molar-refractivity contribution in [2.45, 2.75) is 32.4 Å². The molecule has 1 saturated heterocycles. The molecular weight excluding hydrogens is 377 g/mol. The monoisotopic (exact) mass is 395 g/mol. The second-order valence-corrected chi connectivity index (χ2v) is 7.06. The molecule has 1 N–H and O–H groups in total. The molecule has 1 fully saturated rings. The molecule has 0 saturated carbocycles. The van der Waals surface area contributed by atoms with E-state index in [0.29, 0.717) is 34.4 Å². The number of hydrogen-bond acceptors (Lipinski definition) is 4. The van der Waals surface area contributed by atoms with E-state index in [1.54, 1.807) is 17.0 Å². The van der Waals surface area contributed by atoms with Crippen LogP contribution in [0.25, 0.3) is 0 Å². The summed E-state index contributed by atoms with van der Waals surface area (Å²) in [6.07, 6.45) is 1.36. The van der Waals surface area contributed by atoms with E-state index in [0.717, 1.165) is 12.2 Å². The van der Waals surface area contributed by atoms with E-state index in [2.05, 4.69) is 15.5 Å². The Morgan fingerprint density at radius 1 is 1.31 bits per heavy atom. The van der Waals surface area contributed by atoms with Gasteiger partial charge in [0.05, 0.1) is 17.1 Å². The molecule has 2 aromatic rings. The first-order valence-corrected chi connectivity index (χ1v) is 9.02. The first kappa shape index (κ1) is 18.7. The Bertz CT molecular complexity index is 852. The van der Waals surface area contributed by atoms with E-state index < -0.39 is 6.04 Å². The molecule has 0 aliphatic carbocycles. The van der Waals surface area contributed by atoms with Crippen molar-refractivity contribution in [1.82, 2.24) is 25.0 Å². The molecule has 1 aliphatic rings. The van der Waals surface area contributed by atoms with Gasteiger partial charge in [-0.05, 0) is 38.0 Å². The minimum Gasteiger partial charge on any atom is -0.347 e. The topological polar surface area (TPSA) is 80.1 Å². The van der Waals surface area contributed by atoms with Gasteiger partial charge in [-0.2, -0.15) is 0 Å². The zero-order valence-corrected chi connectivity index (χ0v) is 16.0. The quantitative estimate of drug-likeness (QED) is 0.861. The van der Waals surface area contributed by atoms with Gasteiger partial charge in [0.15, 0.2) is 5.82 Å². The third-order valence-electron chi connectivity index (χ3n) is 4.58. The van der Waals surface area contributed by atoms with Crippen LogP contribution >= 0.6 is 23.2 Å². The Morgan fingerprint density at radius 3 is 2.77 bits per heavy atom. The second kappa shape index (κ2) is 7.63. The minimum absolute atomic E-state index is 0.213. The number of nitrogens with zero attached hydrogens (tertiary/aromatic N) is 4. The van der Waals surface area contributed by atoms with E-state index in [4.69, 9.17) is 23.2 Å². The van der Waals surface area contributed by atoms with Crippen molar-refractivity contribution < 1.29 is 9.59 Å². The maximum atomic E-state index is 12.8. The minimum atomic E-state index is -0.535. The number of carbonyl (C=O) groups excluding carboxylic acids is 2. The van der Waals surface area contributed by atoms with Gasteiger partial charge in [-0.25, -0.2) is 0 Å². The van der Waals surface area contributed by atoms with Crippen LogP contribution in [0.1, 0.15) is 34.8 Å². The van der Waals surface area contributed by atoms with E-state index in [9.17, 15) is 9.59 Å². The average molecular weight is 396 g/mol. The van der Waals surface area contributed by atoms with Gasteiger partial charge in [0.2, 0.25) is 5.91 Å². The second-order valence-electron chi connectivity index (χ2n) is 6.22. The summed E-state index contributed by atoms with van der Waals surface area (Å²) in [6.45, 7) is 2.60. The molecule has 1 atom stereocenters. The highest BCUT2D eigenvalue weighted by Gasteiger charge is 2.35. The van der Waals surface area contributed by atoms with Gasteiger partial charge in [-0.3, -0.25) is 9.59 Å². The fourth-order valence-electron chi connectivity index (χ4n) is 2.99. The maximum Gasteiger partial charge on any atom is 0.256 e. The van der Waals surface area contributed by atoms with Crippen LogP contribution in [0.15, 0.2) is 18.2 Å². The molecule has 7 nitrogen and oxygen atoms in total. The molecule has 2 amide bonds. The molecule has 138 valence electrons. The van der Waals surface area contributed by atoms with Gasteiger partial charge in [0.1, 0.15) is 11.9 Å². The van der Waals surface area contributed by atoms with Crippen LogP contribution in [0.4, 0.5) is 0 Å². The number of amides is 2. The molecule has 0 spiro atoms. The number of nitrogens with one attached hydrogen (secondary N) is 1. The SMILES string of the molecule is Cc1nnc(CNC(=O)C2CCCN2C(=O)c2cc(Cl)ccc2Cl)n1C. The largest absolute Gasteiger partial charge is 0.347 e. The molecule has 9 heteroatoms. The van der Waals surface area contributed by atoms with Gasteiger partial charge < -0.3 is 14.8 Å². The van der Waals surface area contributed by atoms with Crippen LogP contribution in [0.3, 0.4) is 0 Å². The summed E-state index contributed by atoms with van der Waals surface area (Å²) in [5.74, 6) is 0.923. The summed E-state index contributed by atoms with van der Waals surface area (Å²) < 4.78 is 1.81. The molecule has 0 bridgehead atoms. The van der Waals surface area contributed by atoms with Crippen molar-refractivity contribution in [3.8, 4) is 0 Å². The zero-order valence-electron chi connectivity index (χ0n) is 14.5. The molecule has 3 rings (SSSR count). The van der Waals surface area contributed by atoms with Gasteiger partial charge in [-0.1, -0.05) is 23.2 Å². The van der Waals surface area contributed by atoms with Crippen LogP contribution < -0.4 is 5.32 Å². The molecule has 26 heavy (non-hydrogen) atoms. The molecule has 2 heterocycles. The van der Waals surface area contributed by atoms with E-state index >= 15 is 0 Å². The molecular formula is C17H19Cl2N5O2. The molecule has 1 aromatic carbocycles. The lowest BCUT2D eigenvalue weighted by atomic mass is 10.1. The van der Waals surface area contributed by atoms with Gasteiger partial charge in [0, 0.05) is 18.6 Å². The molecule has 1 aliphatic heterocycles. The average Bonchev–Trinajstić information content (AvgIpc) is 3.23. The maximum absolute atomic E-state index is 12.8. The summed E-state index contributed by atoms with van der Waals surface area (Å²) in [5, 5.41) is 11.6. The number of likely N-dealkylation sites (tertiary alicyclic amines) is 1. The summed E-state index contributed by atoms with van der Waals surface area (Å²) in [6, 6.07) is 4.20. The van der Waals surface area contributed by atoms with Crippen LogP contribution in [0.5, 0.6) is 0 Å². The van der Waals surface area contributed by atoms with E-state index in [1.165, 1.54) is 6.07 Å².